The third kappa shape index (κ3) is 0.609. The molecule has 0 fully saturated rings. The SMILES string of the molecule is O=C(O)C1=CC2C=CC1O2. The molecule has 0 aliphatic carbocycles. The molecule has 2 unspecified atom stereocenters. The van der Waals surface area contributed by atoms with Gasteiger partial charge in [0, 0.05) is 0 Å². The van der Waals surface area contributed by atoms with Crippen molar-refractivity contribution in [2.75, 3.05) is 0 Å². The highest BCUT2D eigenvalue weighted by atomic mass is 16.5. The monoisotopic (exact) mass is 138 g/mol. The molecule has 52 valence electrons. The number of carboxylic acid groups (broad SMARTS) is 1. The van der Waals surface area contributed by atoms with Gasteiger partial charge in [0.1, 0.15) is 6.10 Å². The average molecular weight is 138 g/mol. The summed E-state index contributed by atoms with van der Waals surface area (Å²) in [5.74, 6) is -0.878. The van der Waals surface area contributed by atoms with Crippen molar-refractivity contribution in [1.29, 1.82) is 0 Å². The predicted molar refractivity (Wildman–Crippen MR) is 33.5 cm³/mol. The second-order valence-corrected chi connectivity index (χ2v) is 2.33. The van der Waals surface area contributed by atoms with Gasteiger partial charge in [-0.05, 0) is 6.08 Å². The van der Waals surface area contributed by atoms with Crippen molar-refractivity contribution in [3.63, 3.8) is 0 Å². The second kappa shape index (κ2) is 1.70. The molecule has 0 amide bonds. The lowest BCUT2D eigenvalue weighted by molar-refractivity contribution is -0.133. The summed E-state index contributed by atoms with van der Waals surface area (Å²) < 4.78 is 5.16. The van der Waals surface area contributed by atoms with E-state index in [4.69, 9.17) is 9.84 Å². The Morgan fingerprint density at radius 3 is 2.70 bits per heavy atom. The molecule has 1 N–H and O–H groups in total. The van der Waals surface area contributed by atoms with Crippen LogP contribution in [0.25, 0.3) is 0 Å². The first-order valence-corrected chi connectivity index (χ1v) is 3.06. The molecule has 2 rings (SSSR count). The number of rotatable bonds is 1. The van der Waals surface area contributed by atoms with Gasteiger partial charge in [-0.2, -0.15) is 0 Å². The van der Waals surface area contributed by atoms with Gasteiger partial charge >= 0.3 is 5.97 Å². The van der Waals surface area contributed by atoms with Crippen molar-refractivity contribution in [2.45, 2.75) is 12.2 Å². The van der Waals surface area contributed by atoms with Gasteiger partial charge < -0.3 is 9.84 Å². The van der Waals surface area contributed by atoms with Gasteiger partial charge in [-0.15, -0.1) is 0 Å². The van der Waals surface area contributed by atoms with Crippen LogP contribution >= 0.6 is 0 Å². The van der Waals surface area contributed by atoms with E-state index in [1.807, 2.05) is 6.08 Å². The molecule has 2 heterocycles. The molecule has 0 aromatic rings. The van der Waals surface area contributed by atoms with Gasteiger partial charge in [0.15, 0.2) is 0 Å². The first kappa shape index (κ1) is 5.68. The van der Waals surface area contributed by atoms with Crippen molar-refractivity contribution >= 4 is 5.97 Å². The maximum absolute atomic E-state index is 10.4. The predicted octanol–water partition coefficient (Wildman–Crippen LogP) is 0.335. The molecule has 0 radical (unpaired) electrons. The number of carboxylic acids is 1. The molecular formula is C7H6O3. The zero-order chi connectivity index (χ0) is 7.14. The van der Waals surface area contributed by atoms with Crippen molar-refractivity contribution in [3.8, 4) is 0 Å². The smallest absolute Gasteiger partial charge is 0.334 e. The lowest BCUT2D eigenvalue weighted by atomic mass is 10.1. The molecule has 3 heteroatoms. The third-order valence-corrected chi connectivity index (χ3v) is 1.68. The van der Waals surface area contributed by atoms with E-state index in [2.05, 4.69) is 0 Å². The molecule has 2 aliphatic rings. The maximum Gasteiger partial charge on any atom is 0.334 e. The summed E-state index contributed by atoms with van der Waals surface area (Å²) in [7, 11) is 0. The molecule has 0 spiro atoms. The average Bonchev–Trinajstić information content (AvgIpc) is 2.44. The summed E-state index contributed by atoms with van der Waals surface area (Å²) in [6.45, 7) is 0. The van der Waals surface area contributed by atoms with Crippen LogP contribution < -0.4 is 0 Å². The van der Waals surface area contributed by atoms with Crippen LogP contribution in [-0.2, 0) is 9.53 Å². The van der Waals surface area contributed by atoms with Gasteiger partial charge in [0.2, 0.25) is 0 Å². The second-order valence-electron chi connectivity index (χ2n) is 2.33. The van der Waals surface area contributed by atoms with E-state index in [9.17, 15) is 4.79 Å². The summed E-state index contributed by atoms with van der Waals surface area (Å²) in [5.41, 5.74) is 0.368. The largest absolute Gasteiger partial charge is 0.478 e. The molecule has 2 atom stereocenters. The lowest BCUT2D eigenvalue weighted by Crippen LogP contribution is -2.11. The first-order valence-electron chi connectivity index (χ1n) is 3.06. The van der Waals surface area contributed by atoms with E-state index in [-0.39, 0.29) is 12.2 Å². The van der Waals surface area contributed by atoms with Crippen molar-refractivity contribution in [3.05, 3.63) is 23.8 Å². The van der Waals surface area contributed by atoms with Crippen LogP contribution in [0.15, 0.2) is 23.8 Å². The Balaban J connectivity index is 2.29. The van der Waals surface area contributed by atoms with Gasteiger partial charge in [0.05, 0.1) is 11.7 Å². The number of hydrogen-bond acceptors (Lipinski definition) is 2. The minimum Gasteiger partial charge on any atom is -0.478 e. The summed E-state index contributed by atoms with van der Waals surface area (Å²) >= 11 is 0. The van der Waals surface area contributed by atoms with E-state index in [0.29, 0.717) is 5.57 Å². The number of hydrogen-bond donors (Lipinski definition) is 1. The van der Waals surface area contributed by atoms with Crippen LogP contribution in [0.3, 0.4) is 0 Å². The molecule has 10 heavy (non-hydrogen) atoms. The number of carbonyl (C=O) groups is 1. The lowest BCUT2D eigenvalue weighted by Gasteiger charge is -2.01. The highest BCUT2D eigenvalue weighted by Gasteiger charge is 2.32. The van der Waals surface area contributed by atoms with E-state index in [1.165, 1.54) is 0 Å². The van der Waals surface area contributed by atoms with Crippen LogP contribution in [0.5, 0.6) is 0 Å². The Morgan fingerprint density at radius 1 is 1.60 bits per heavy atom. The third-order valence-electron chi connectivity index (χ3n) is 1.68. The van der Waals surface area contributed by atoms with Crippen molar-refractivity contribution in [2.24, 2.45) is 0 Å². The standard InChI is InChI=1S/C7H6O3/c8-7(9)5-3-4-1-2-6(5)10-4/h1-4,6H,(H,8,9). The highest BCUT2D eigenvalue weighted by molar-refractivity contribution is 5.89. The van der Waals surface area contributed by atoms with Gasteiger partial charge in [-0.25, -0.2) is 4.79 Å². The van der Waals surface area contributed by atoms with Crippen LogP contribution in [-0.4, -0.2) is 23.3 Å². The normalized spacial score (nSPS) is 34.6. The van der Waals surface area contributed by atoms with Gasteiger partial charge in [-0.3, -0.25) is 0 Å². The summed E-state index contributed by atoms with van der Waals surface area (Å²) in [4.78, 5) is 10.4. The van der Waals surface area contributed by atoms with E-state index in [0.717, 1.165) is 0 Å². The molecule has 3 nitrogen and oxygen atoms in total. The van der Waals surface area contributed by atoms with E-state index < -0.39 is 5.97 Å². The molecule has 2 bridgehead atoms. The van der Waals surface area contributed by atoms with Crippen LogP contribution in [0.4, 0.5) is 0 Å². The van der Waals surface area contributed by atoms with Gasteiger partial charge in [0.25, 0.3) is 0 Å². The van der Waals surface area contributed by atoms with Crippen LogP contribution in [0, 0.1) is 0 Å². The molecule has 0 saturated carbocycles. The fourth-order valence-corrected chi connectivity index (χ4v) is 1.21. The molecule has 0 aromatic carbocycles. The van der Waals surface area contributed by atoms with E-state index in [1.54, 1.807) is 12.2 Å². The Hall–Kier alpha value is -1.09. The first-order chi connectivity index (χ1) is 4.77. The zero-order valence-corrected chi connectivity index (χ0v) is 5.15. The molecular weight excluding hydrogens is 132 g/mol. The minimum atomic E-state index is -0.878. The topological polar surface area (TPSA) is 46.5 Å². The maximum atomic E-state index is 10.4. The Morgan fingerprint density at radius 2 is 2.40 bits per heavy atom. The Bertz CT molecular complexity index is 239. The van der Waals surface area contributed by atoms with E-state index >= 15 is 0 Å². The fraction of sp³-hybridized carbons (Fsp3) is 0.286. The Kier molecular flexibility index (Phi) is 0.964. The Labute approximate surface area is 57.6 Å². The van der Waals surface area contributed by atoms with Crippen molar-refractivity contribution < 1.29 is 14.6 Å². The zero-order valence-electron chi connectivity index (χ0n) is 5.15. The van der Waals surface area contributed by atoms with Crippen molar-refractivity contribution in [1.82, 2.24) is 0 Å². The molecule has 2 aliphatic heterocycles. The van der Waals surface area contributed by atoms with Gasteiger partial charge in [-0.1, -0.05) is 12.2 Å². The quantitative estimate of drug-likeness (QED) is 0.531. The number of aliphatic carboxylic acids is 1. The molecule has 0 saturated heterocycles. The summed E-state index contributed by atoms with van der Waals surface area (Å²) in [6, 6.07) is 0. The number of ether oxygens (including phenoxy) is 1. The van der Waals surface area contributed by atoms with Crippen LogP contribution in [0.2, 0.25) is 0 Å². The summed E-state index contributed by atoms with van der Waals surface area (Å²) in [6.07, 6.45) is 4.89. The van der Waals surface area contributed by atoms with Crippen LogP contribution in [0.1, 0.15) is 0 Å². The number of fused-ring (bicyclic) bond motifs is 2. The summed E-state index contributed by atoms with van der Waals surface area (Å²) in [5, 5.41) is 8.55. The fourth-order valence-electron chi connectivity index (χ4n) is 1.21. The molecule has 0 aromatic heterocycles. The minimum absolute atomic E-state index is 0.0869. The highest BCUT2D eigenvalue weighted by Crippen LogP contribution is 2.27.